The smallest absolute Gasteiger partial charge is 0.261 e. The number of anilines is 3. The molecule has 0 saturated carbocycles. The van der Waals surface area contributed by atoms with Gasteiger partial charge in [0.25, 0.3) is 35.4 Å². The van der Waals surface area contributed by atoms with Gasteiger partial charge in [0.05, 0.1) is 96.9 Å². The quantitative estimate of drug-likeness (QED) is 0.0372. The van der Waals surface area contributed by atoms with Gasteiger partial charge in [-0.05, 0) is 198 Å². The number of hydrogen-bond donors (Lipinski definition) is 0. The van der Waals surface area contributed by atoms with E-state index >= 15 is 28.8 Å². The summed E-state index contributed by atoms with van der Waals surface area (Å²) in [6, 6.07) is 51.4. The van der Waals surface area contributed by atoms with Gasteiger partial charge in [0, 0.05) is 71.0 Å². The highest BCUT2D eigenvalue weighted by molar-refractivity contribution is 7.17. The van der Waals surface area contributed by atoms with Crippen LogP contribution in [0.1, 0.15) is 266 Å². The molecule has 12 heterocycles. The van der Waals surface area contributed by atoms with Crippen molar-refractivity contribution < 1.29 is 28.8 Å². The van der Waals surface area contributed by atoms with Gasteiger partial charge in [-0.2, -0.15) is 0 Å². The second-order valence-corrected chi connectivity index (χ2v) is 41.8. The highest BCUT2D eigenvalue weighted by Crippen LogP contribution is 2.55. The third-order valence-corrected chi connectivity index (χ3v) is 33.5. The normalized spacial score (nSPS) is 16.9. The lowest BCUT2D eigenvalue weighted by Crippen LogP contribution is -2.34. The fourth-order valence-electron chi connectivity index (χ4n) is 19.7. The van der Waals surface area contributed by atoms with Crippen LogP contribution in [0, 0.1) is 35.5 Å². The third kappa shape index (κ3) is 19.0. The number of carbonyl (C=O) groups excluding carboxylic acids is 6. The molecule has 0 saturated heterocycles. The minimum absolute atomic E-state index is 0.0751. The highest BCUT2D eigenvalue weighted by atomic mass is 32.1. The molecule has 6 aliphatic heterocycles. The number of hydrogen-bond acceptors (Lipinski definition) is 13. The van der Waals surface area contributed by atoms with Gasteiger partial charge < -0.3 is 34.3 Å². The summed E-state index contributed by atoms with van der Waals surface area (Å²) in [6.45, 7) is 30.0. The number of thiophene rings is 6. The SMILES string of the molecule is CCCCC(CC)CN1C(=O)C2=C(c3ccc(-c4ccc(N(c5ccc(-c6ccc(C7=C8C(=O)N(CC(CC)CCCC)C(c9cccs9)=C8C(=O)N7CC(CC)CCCC)s6)cc5)c5ccc(-c6ccc(C7=C8C(=O)N(CC(CC)CCCC)C(c9cccs9)=C8C(=O)N7CC(CC)CCCC)s6)cc5)cc4)s3)N(CC(CC)CCCC)C(=O)C2=C1c1cccs1. The molecule has 0 aliphatic carbocycles. The first-order valence-corrected chi connectivity index (χ1v) is 53.0. The van der Waals surface area contributed by atoms with Gasteiger partial charge >= 0.3 is 0 Å². The van der Waals surface area contributed by atoms with Crippen LogP contribution in [0.3, 0.4) is 0 Å². The van der Waals surface area contributed by atoms with E-state index in [-0.39, 0.29) is 53.2 Å². The van der Waals surface area contributed by atoms with E-state index < -0.39 is 0 Å². The van der Waals surface area contributed by atoms with E-state index in [0.717, 1.165) is 266 Å². The summed E-state index contributed by atoms with van der Waals surface area (Å²) in [5.74, 6) is 1.26. The van der Waals surface area contributed by atoms with Crippen molar-refractivity contribution in [2.45, 2.75) is 237 Å². The van der Waals surface area contributed by atoms with Crippen molar-refractivity contribution in [2.24, 2.45) is 35.5 Å². The molecule has 127 heavy (non-hydrogen) atoms. The molecule has 15 rings (SSSR count). The lowest BCUT2D eigenvalue weighted by atomic mass is 9.98. The fourth-order valence-corrected chi connectivity index (χ4v) is 25.3. The Hall–Kier alpha value is -9.08. The summed E-state index contributed by atoms with van der Waals surface area (Å²) >= 11 is 9.70. The van der Waals surface area contributed by atoms with E-state index in [1.54, 1.807) is 68.0 Å². The van der Waals surface area contributed by atoms with E-state index in [2.05, 4.69) is 215 Å². The number of carbonyl (C=O) groups is 6. The molecule has 9 aromatic rings. The molecule has 6 unspecified atom stereocenters. The van der Waals surface area contributed by atoms with Gasteiger partial charge in [0.2, 0.25) is 0 Å². The zero-order valence-corrected chi connectivity index (χ0v) is 81.7. The molecule has 668 valence electrons. The molecule has 3 aromatic carbocycles. The van der Waals surface area contributed by atoms with Crippen molar-refractivity contribution in [3.05, 3.63) is 224 Å². The molecular formula is C108H129N7O6S6. The fraction of sp³-hybridized carbons (Fsp3) is 0.444. The summed E-state index contributed by atoms with van der Waals surface area (Å²) in [5.41, 5.74) is 13.6. The highest BCUT2D eigenvalue weighted by Gasteiger charge is 2.54. The predicted octanol–water partition coefficient (Wildman–Crippen LogP) is 29.2. The monoisotopic (exact) mass is 1810 g/mol. The Bertz CT molecular complexity index is 5030. The van der Waals surface area contributed by atoms with Crippen molar-refractivity contribution in [3.8, 4) is 31.3 Å². The Morgan fingerprint density at radius 1 is 0.236 bits per heavy atom. The van der Waals surface area contributed by atoms with Crippen LogP contribution in [0.4, 0.5) is 17.1 Å². The van der Waals surface area contributed by atoms with E-state index in [1.165, 1.54) is 0 Å². The topological polar surface area (TPSA) is 125 Å². The first kappa shape index (κ1) is 92.6. The van der Waals surface area contributed by atoms with Crippen LogP contribution in [0.5, 0.6) is 0 Å². The van der Waals surface area contributed by atoms with Gasteiger partial charge in [-0.3, -0.25) is 28.8 Å². The molecule has 6 aromatic heterocycles. The molecular weight excluding hydrogens is 1680 g/mol. The van der Waals surface area contributed by atoms with E-state index in [9.17, 15) is 0 Å². The van der Waals surface area contributed by atoms with E-state index in [0.29, 0.717) is 90.5 Å². The first-order valence-electron chi connectivity index (χ1n) is 47.9. The molecule has 0 spiro atoms. The molecule has 6 aliphatic rings. The Labute approximate surface area is 779 Å². The largest absolute Gasteiger partial charge is 0.311 e. The molecule has 0 N–H and O–H groups in total. The van der Waals surface area contributed by atoms with E-state index in [4.69, 9.17) is 0 Å². The molecule has 0 bridgehead atoms. The second-order valence-electron chi connectivity index (χ2n) is 35.7. The van der Waals surface area contributed by atoms with Gasteiger partial charge in [-0.1, -0.05) is 253 Å². The van der Waals surface area contributed by atoms with Crippen LogP contribution in [-0.2, 0) is 28.8 Å². The Kier molecular flexibility index (Phi) is 31.1. The Balaban J connectivity index is 0.810. The molecule has 6 atom stereocenters. The standard InChI is InChI=1S/C108H129N7O6S6/c1-13-25-34-70(19-7)64-109-97(85-40-31-61-122-85)91-94(106(109)119)100(112(103(91)116)67-73(22-10)37-28-16-4)88-58-55-82(125-88)76-43-49-79(50-44-76)115(80-51-45-77(46-52-80)83-56-59-89(126-83)101-95-92(104(117)113(101)68-74(23-11)38-29-17-5)98(86-41-32-62-123-86)110(107(95)120)65-71(20-8)35-26-14-2)81-53-47-78(48-54-81)84-57-60-90(127-84)102-96-93(105(118)114(102)69-75(24-12)39-30-18-6)99(87-42-33-63-124-87)111(108(96)121)66-72(21-9)36-27-15-3/h31-33,40-63,70-75H,13-30,34-39,64-69H2,1-12H3. The summed E-state index contributed by atoms with van der Waals surface area (Å²) in [5, 5.41) is 6.15. The van der Waals surface area contributed by atoms with E-state index in [1.807, 2.05) is 63.7 Å². The zero-order valence-electron chi connectivity index (χ0n) is 76.8. The van der Waals surface area contributed by atoms with Crippen molar-refractivity contribution in [3.63, 3.8) is 0 Å². The van der Waals surface area contributed by atoms with Gasteiger partial charge in [0.1, 0.15) is 0 Å². The average molecular weight is 1810 g/mol. The van der Waals surface area contributed by atoms with Gasteiger partial charge in [-0.25, -0.2) is 0 Å². The minimum Gasteiger partial charge on any atom is -0.311 e. The van der Waals surface area contributed by atoms with Crippen molar-refractivity contribution in [2.75, 3.05) is 44.2 Å². The first-order chi connectivity index (χ1) is 62.0. The van der Waals surface area contributed by atoms with Crippen LogP contribution >= 0.6 is 68.0 Å². The molecule has 0 fully saturated rings. The van der Waals surface area contributed by atoms with Crippen LogP contribution < -0.4 is 4.90 Å². The summed E-state index contributed by atoms with van der Waals surface area (Å²) in [4.78, 5) is 116. The average Bonchev–Trinajstić information content (AvgIpc) is 1.56. The Morgan fingerprint density at radius 3 is 0.598 bits per heavy atom. The second kappa shape index (κ2) is 42.7. The molecule has 19 heteroatoms. The summed E-state index contributed by atoms with van der Waals surface area (Å²) < 4.78 is 0. The number of nitrogens with zero attached hydrogens (tertiary/aromatic N) is 7. The molecule has 6 amide bonds. The maximum atomic E-state index is 15.6. The number of rotatable bonds is 48. The van der Waals surface area contributed by atoms with Crippen molar-refractivity contribution >= 4 is 155 Å². The van der Waals surface area contributed by atoms with Crippen LogP contribution in [0.15, 0.2) is 195 Å². The predicted molar refractivity (Wildman–Crippen MR) is 536 cm³/mol. The molecule has 0 radical (unpaired) electrons. The third-order valence-electron chi connectivity index (χ3n) is 27.5. The Morgan fingerprint density at radius 2 is 0.425 bits per heavy atom. The number of unbranched alkanes of at least 4 members (excludes halogenated alkanes) is 6. The van der Waals surface area contributed by atoms with Crippen molar-refractivity contribution in [1.82, 2.24) is 29.4 Å². The number of fused-ring (bicyclic) bond motifs is 3. The maximum Gasteiger partial charge on any atom is 0.261 e. The van der Waals surface area contributed by atoms with Gasteiger partial charge in [-0.15, -0.1) is 68.0 Å². The maximum absolute atomic E-state index is 15.6. The van der Waals surface area contributed by atoms with Crippen LogP contribution in [0.25, 0.3) is 65.5 Å². The van der Waals surface area contributed by atoms with Crippen LogP contribution in [-0.4, -0.2) is 104 Å². The lowest BCUT2D eigenvalue weighted by Gasteiger charge is -2.29. The molecule has 13 nitrogen and oxygen atoms in total. The van der Waals surface area contributed by atoms with Gasteiger partial charge in [0.15, 0.2) is 0 Å². The summed E-state index contributed by atoms with van der Waals surface area (Å²) in [6.07, 6.45) is 24.6. The number of benzene rings is 3. The minimum atomic E-state index is -0.0751. The zero-order chi connectivity index (χ0) is 89.1. The van der Waals surface area contributed by atoms with Crippen LogP contribution in [0.2, 0.25) is 0 Å². The summed E-state index contributed by atoms with van der Waals surface area (Å²) in [7, 11) is 0. The van der Waals surface area contributed by atoms with Crippen molar-refractivity contribution in [1.29, 1.82) is 0 Å². The number of amides is 6. The lowest BCUT2D eigenvalue weighted by molar-refractivity contribution is -0.124.